The molecule has 0 spiro atoms. The van der Waals surface area contributed by atoms with Crippen LogP contribution in [0.3, 0.4) is 0 Å². The number of hydrogen-bond donors (Lipinski definition) is 1. The fraction of sp³-hybridized carbons (Fsp3) is 0.125. The highest BCUT2D eigenvalue weighted by Crippen LogP contribution is 2.25. The van der Waals surface area contributed by atoms with Gasteiger partial charge in [0.15, 0.2) is 0 Å². The Kier molecular flexibility index (Phi) is 2.81. The van der Waals surface area contributed by atoms with E-state index < -0.39 is 28.8 Å². The zero-order valence-corrected chi connectivity index (χ0v) is 7.07. The second kappa shape index (κ2) is 3.69. The summed E-state index contributed by atoms with van der Waals surface area (Å²) < 4.78 is 25.9. The highest BCUT2D eigenvalue weighted by molar-refractivity contribution is 6.32. The number of aliphatic hydroxyl groups excluding tert-OH is 1. The van der Waals surface area contributed by atoms with Gasteiger partial charge in [0.25, 0.3) is 0 Å². The Bertz CT molecular complexity index is 386. The third-order valence-electron chi connectivity index (χ3n) is 1.52. The molecule has 0 radical (unpaired) electrons. The normalized spacial score (nSPS) is 9.77. The average Bonchev–Trinajstić information content (AvgIpc) is 2.12. The molecular weight excluding hydrogens is 200 g/mol. The molecule has 0 bridgehead atoms. The molecule has 1 aromatic carbocycles. The molecule has 13 heavy (non-hydrogen) atoms. The summed E-state index contributed by atoms with van der Waals surface area (Å²) in [4.78, 5) is 0. The van der Waals surface area contributed by atoms with Crippen LogP contribution in [0.1, 0.15) is 11.1 Å². The summed E-state index contributed by atoms with van der Waals surface area (Å²) in [6.45, 7) is -0.659. The van der Waals surface area contributed by atoms with Gasteiger partial charge in [-0.05, 0) is 6.07 Å². The SMILES string of the molecule is N#Cc1c(F)cc(CO)c(F)c1Cl. The molecule has 1 aromatic rings. The molecule has 0 heterocycles. The molecule has 5 heteroatoms. The van der Waals surface area contributed by atoms with Crippen LogP contribution in [0.25, 0.3) is 0 Å². The number of aliphatic hydroxyl groups is 1. The Labute approximate surface area is 78.0 Å². The zero-order chi connectivity index (χ0) is 10.0. The van der Waals surface area contributed by atoms with Crippen LogP contribution in [0.15, 0.2) is 6.07 Å². The van der Waals surface area contributed by atoms with Crippen LogP contribution in [0.2, 0.25) is 5.02 Å². The maximum Gasteiger partial charge on any atom is 0.148 e. The van der Waals surface area contributed by atoms with Crippen molar-refractivity contribution in [2.45, 2.75) is 6.61 Å². The van der Waals surface area contributed by atoms with Crippen molar-refractivity contribution in [1.29, 1.82) is 5.26 Å². The molecular formula is C8H4ClF2NO. The lowest BCUT2D eigenvalue weighted by molar-refractivity contribution is 0.275. The third kappa shape index (κ3) is 1.62. The third-order valence-corrected chi connectivity index (χ3v) is 1.87. The van der Waals surface area contributed by atoms with E-state index >= 15 is 0 Å². The van der Waals surface area contributed by atoms with Gasteiger partial charge in [-0.1, -0.05) is 11.6 Å². The van der Waals surface area contributed by atoms with E-state index in [0.29, 0.717) is 0 Å². The lowest BCUT2D eigenvalue weighted by atomic mass is 10.1. The summed E-state index contributed by atoms with van der Waals surface area (Å²) in [5, 5.41) is 16.4. The molecule has 68 valence electrons. The monoisotopic (exact) mass is 203 g/mol. The summed E-state index contributed by atoms with van der Waals surface area (Å²) in [6.07, 6.45) is 0. The molecule has 0 aliphatic rings. The molecule has 2 nitrogen and oxygen atoms in total. The van der Waals surface area contributed by atoms with Gasteiger partial charge in [0, 0.05) is 5.56 Å². The molecule has 1 rings (SSSR count). The molecule has 0 atom stereocenters. The van der Waals surface area contributed by atoms with Gasteiger partial charge >= 0.3 is 0 Å². The van der Waals surface area contributed by atoms with Crippen molar-refractivity contribution in [2.24, 2.45) is 0 Å². The number of halogens is 3. The fourth-order valence-corrected chi connectivity index (χ4v) is 1.12. The van der Waals surface area contributed by atoms with Gasteiger partial charge in [0.1, 0.15) is 23.3 Å². The van der Waals surface area contributed by atoms with Crippen LogP contribution in [-0.4, -0.2) is 5.11 Å². The van der Waals surface area contributed by atoms with E-state index in [1.165, 1.54) is 6.07 Å². The minimum atomic E-state index is -0.956. The van der Waals surface area contributed by atoms with Crippen LogP contribution < -0.4 is 0 Å². The smallest absolute Gasteiger partial charge is 0.148 e. The number of nitriles is 1. The van der Waals surface area contributed by atoms with Gasteiger partial charge in [-0.3, -0.25) is 0 Å². The minimum Gasteiger partial charge on any atom is -0.392 e. The minimum absolute atomic E-state index is 0.262. The Balaban J connectivity index is 3.48. The van der Waals surface area contributed by atoms with Crippen molar-refractivity contribution in [3.63, 3.8) is 0 Å². The second-order valence-corrected chi connectivity index (χ2v) is 2.67. The number of rotatable bonds is 1. The van der Waals surface area contributed by atoms with Crippen LogP contribution >= 0.6 is 11.6 Å². The molecule has 0 aliphatic carbocycles. The molecule has 0 saturated carbocycles. The standard InChI is InChI=1S/C8H4ClF2NO/c9-7-5(2-12)6(10)1-4(3-13)8(7)11/h1,13H,3H2. The molecule has 0 unspecified atom stereocenters. The predicted molar refractivity (Wildman–Crippen MR) is 42.0 cm³/mol. The summed E-state index contributed by atoms with van der Waals surface area (Å²) >= 11 is 5.33. The van der Waals surface area contributed by atoms with Crippen molar-refractivity contribution in [1.82, 2.24) is 0 Å². The van der Waals surface area contributed by atoms with Crippen molar-refractivity contribution < 1.29 is 13.9 Å². The van der Waals surface area contributed by atoms with Crippen molar-refractivity contribution >= 4 is 11.6 Å². The molecule has 0 aromatic heterocycles. The first-order chi connectivity index (χ1) is 6.11. The van der Waals surface area contributed by atoms with Crippen LogP contribution in [-0.2, 0) is 6.61 Å². The van der Waals surface area contributed by atoms with Crippen molar-refractivity contribution in [3.8, 4) is 6.07 Å². The van der Waals surface area contributed by atoms with E-state index in [9.17, 15) is 8.78 Å². The quantitative estimate of drug-likeness (QED) is 0.710. The largest absolute Gasteiger partial charge is 0.392 e. The number of nitrogens with zero attached hydrogens (tertiary/aromatic N) is 1. The average molecular weight is 204 g/mol. The Morgan fingerprint density at radius 2 is 2.15 bits per heavy atom. The maximum absolute atomic E-state index is 13.0. The Morgan fingerprint density at radius 3 is 2.62 bits per heavy atom. The first kappa shape index (κ1) is 9.90. The lowest BCUT2D eigenvalue weighted by Gasteiger charge is -2.03. The maximum atomic E-state index is 13.0. The highest BCUT2D eigenvalue weighted by atomic mass is 35.5. The van der Waals surface area contributed by atoms with Gasteiger partial charge < -0.3 is 5.11 Å². The summed E-state index contributed by atoms with van der Waals surface area (Å²) in [5.41, 5.74) is -0.808. The van der Waals surface area contributed by atoms with E-state index in [0.717, 1.165) is 6.07 Å². The van der Waals surface area contributed by atoms with Gasteiger partial charge in [-0.2, -0.15) is 5.26 Å². The predicted octanol–water partition coefficient (Wildman–Crippen LogP) is 1.98. The molecule has 1 N–H and O–H groups in total. The van der Waals surface area contributed by atoms with Crippen molar-refractivity contribution in [3.05, 3.63) is 33.9 Å². The highest BCUT2D eigenvalue weighted by Gasteiger charge is 2.15. The van der Waals surface area contributed by atoms with Crippen LogP contribution in [0.4, 0.5) is 8.78 Å². The van der Waals surface area contributed by atoms with Gasteiger partial charge in [0.05, 0.1) is 11.6 Å². The number of hydrogen-bond acceptors (Lipinski definition) is 2. The first-order valence-corrected chi connectivity index (χ1v) is 3.67. The van der Waals surface area contributed by atoms with Gasteiger partial charge in [-0.15, -0.1) is 0 Å². The van der Waals surface area contributed by atoms with E-state index in [1.807, 2.05) is 0 Å². The van der Waals surface area contributed by atoms with E-state index in [2.05, 4.69) is 0 Å². The Hall–Kier alpha value is -1.18. The number of benzene rings is 1. The lowest BCUT2D eigenvalue weighted by Crippen LogP contribution is -1.97. The Morgan fingerprint density at radius 1 is 1.54 bits per heavy atom. The van der Waals surface area contributed by atoms with Crippen molar-refractivity contribution in [2.75, 3.05) is 0 Å². The van der Waals surface area contributed by atoms with Crippen LogP contribution in [0, 0.1) is 23.0 Å². The molecule has 0 amide bonds. The van der Waals surface area contributed by atoms with E-state index in [1.54, 1.807) is 0 Å². The molecule has 0 saturated heterocycles. The summed E-state index contributed by atoms with van der Waals surface area (Å²) in [7, 11) is 0. The van der Waals surface area contributed by atoms with Gasteiger partial charge in [0.2, 0.25) is 0 Å². The summed E-state index contributed by atoms with van der Waals surface area (Å²) in [6, 6.07) is 2.18. The fourth-order valence-electron chi connectivity index (χ4n) is 0.862. The van der Waals surface area contributed by atoms with E-state index in [4.69, 9.17) is 22.0 Å². The molecule has 0 aliphatic heterocycles. The second-order valence-electron chi connectivity index (χ2n) is 2.29. The molecule has 0 fully saturated rings. The van der Waals surface area contributed by atoms with Crippen LogP contribution in [0.5, 0.6) is 0 Å². The topological polar surface area (TPSA) is 44.0 Å². The van der Waals surface area contributed by atoms with E-state index in [-0.39, 0.29) is 5.56 Å². The first-order valence-electron chi connectivity index (χ1n) is 3.29. The van der Waals surface area contributed by atoms with Gasteiger partial charge in [-0.25, -0.2) is 8.78 Å². The summed E-state index contributed by atoms with van der Waals surface area (Å²) in [5.74, 6) is -1.89. The zero-order valence-electron chi connectivity index (χ0n) is 6.31.